The summed E-state index contributed by atoms with van der Waals surface area (Å²) in [5, 5.41) is 15.8. The summed E-state index contributed by atoms with van der Waals surface area (Å²) in [6, 6.07) is 7.43. The number of nitrogens with one attached hydrogen (secondary N) is 1. The van der Waals surface area contributed by atoms with E-state index in [4.69, 9.17) is 15.0 Å². The zero-order chi connectivity index (χ0) is 15.9. The number of carboxylic acids is 1. The molecule has 0 spiro atoms. The van der Waals surface area contributed by atoms with Crippen molar-refractivity contribution in [3.8, 4) is 0 Å². The van der Waals surface area contributed by atoms with Crippen molar-refractivity contribution in [3.05, 3.63) is 35.9 Å². The molecule has 0 fully saturated rings. The summed E-state index contributed by atoms with van der Waals surface area (Å²) in [4.78, 5) is 22.4. The van der Waals surface area contributed by atoms with E-state index in [1.807, 2.05) is 0 Å². The minimum Gasteiger partial charge on any atom is -0.480 e. The van der Waals surface area contributed by atoms with Crippen molar-refractivity contribution in [2.75, 3.05) is 5.75 Å². The number of ether oxygens (including phenoxy) is 1. The molecular weight excluding hydrogens is 300 g/mol. The fourth-order valence-corrected chi connectivity index (χ4v) is 2.01. The number of benzene rings is 1. The first kappa shape index (κ1) is 16.9. The van der Waals surface area contributed by atoms with Crippen LogP contribution in [0.3, 0.4) is 0 Å². The molecule has 1 aromatic rings. The minimum atomic E-state index is -3.80. The van der Waals surface area contributed by atoms with Gasteiger partial charge in [-0.25, -0.2) is 23.1 Å². The van der Waals surface area contributed by atoms with Crippen LogP contribution < -0.4 is 10.5 Å². The highest BCUT2D eigenvalue weighted by molar-refractivity contribution is 7.89. The first-order chi connectivity index (χ1) is 9.78. The van der Waals surface area contributed by atoms with E-state index in [9.17, 15) is 18.0 Å². The van der Waals surface area contributed by atoms with E-state index in [0.717, 1.165) is 5.56 Å². The number of sulfonamides is 1. The highest BCUT2D eigenvalue weighted by Crippen LogP contribution is 2.02. The number of carbonyl (C=O) groups is 2. The Kier molecular flexibility index (Phi) is 6.12. The van der Waals surface area contributed by atoms with E-state index in [0.29, 0.717) is 0 Å². The minimum absolute atomic E-state index is 0.0196. The van der Waals surface area contributed by atoms with E-state index in [1.54, 1.807) is 30.3 Å². The predicted octanol–water partition coefficient (Wildman–Crippen LogP) is 0.0446. The molecule has 0 aliphatic carbocycles. The number of carbonyl (C=O) groups excluding carboxylic acids is 1. The number of alkyl carbamates (subject to hydrolysis) is 1. The number of rotatable bonds is 7. The van der Waals surface area contributed by atoms with Crippen LogP contribution in [0.25, 0.3) is 0 Å². The number of hydrogen-bond acceptors (Lipinski definition) is 5. The largest absolute Gasteiger partial charge is 0.480 e. The second-order valence-electron chi connectivity index (χ2n) is 4.25. The smallest absolute Gasteiger partial charge is 0.408 e. The number of primary sulfonamides is 1. The van der Waals surface area contributed by atoms with Crippen LogP contribution in [0.4, 0.5) is 4.79 Å². The normalized spacial score (nSPS) is 12.4. The Morgan fingerprint density at radius 2 is 1.90 bits per heavy atom. The van der Waals surface area contributed by atoms with Gasteiger partial charge in [0.1, 0.15) is 12.6 Å². The zero-order valence-electron chi connectivity index (χ0n) is 11.1. The molecule has 1 aromatic carbocycles. The lowest BCUT2D eigenvalue weighted by atomic mass is 10.2. The van der Waals surface area contributed by atoms with Gasteiger partial charge in [0.05, 0.1) is 5.75 Å². The van der Waals surface area contributed by atoms with Crippen LogP contribution in [0.15, 0.2) is 30.3 Å². The summed E-state index contributed by atoms with van der Waals surface area (Å²) in [5.74, 6) is -1.92. The maximum Gasteiger partial charge on any atom is 0.408 e. The van der Waals surface area contributed by atoms with E-state index < -0.39 is 33.9 Å². The van der Waals surface area contributed by atoms with Crippen molar-refractivity contribution in [3.63, 3.8) is 0 Å². The zero-order valence-corrected chi connectivity index (χ0v) is 11.9. The van der Waals surface area contributed by atoms with Gasteiger partial charge in [0, 0.05) is 0 Å². The Bertz CT molecular complexity index is 587. The third kappa shape index (κ3) is 7.28. The lowest BCUT2D eigenvalue weighted by Gasteiger charge is -2.14. The number of nitrogens with two attached hydrogens (primary N) is 1. The van der Waals surface area contributed by atoms with Crippen LogP contribution in [-0.2, 0) is 26.2 Å². The van der Waals surface area contributed by atoms with Crippen LogP contribution in [0.1, 0.15) is 12.0 Å². The quantitative estimate of drug-likeness (QED) is 0.650. The molecule has 0 aromatic heterocycles. The van der Waals surface area contributed by atoms with Crippen molar-refractivity contribution in [1.29, 1.82) is 0 Å². The number of hydrogen-bond donors (Lipinski definition) is 3. The lowest BCUT2D eigenvalue weighted by Crippen LogP contribution is -2.42. The molecule has 8 nitrogen and oxygen atoms in total. The molecule has 1 amide bonds. The van der Waals surface area contributed by atoms with Gasteiger partial charge in [-0.3, -0.25) is 0 Å². The summed E-state index contributed by atoms with van der Waals surface area (Å²) < 4.78 is 26.4. The Morgan fingerprint density at radius 1 is 1.29 bits per heavy atom. The molecule has 4 N–H and O–H groups in total. The molecule has 0 saturated heterocycles. The molecule has 0 unspecified atom stereocenters. The van der Waals surface area contributed by atoms with Crippen LogP contribution in [-0.4, -0.2) is 37.4 Å². The molecule has 0 aliphatic rings. The summed E-state index contributed by atoms with van der Waals surface area (Å²) in [7, 11) is -3.80. The molecule has 0 radical (unpaired) electrons. The molecule has 21 heavy (non-hydrogen) atoms. The van der Waals surface area contributed by atoms with Crippen LogP contribution in [0.2, 0.25) is 0 Å². The van der Waals surface area contributed by atoms with Gasteiger partial charge < -0.3 is 15.2 Å². The molecule has 9 heteroatoms. The molecule has 1 atom stereocenters. The molecule has 0 saturated carbocycles. The predicted molar refractivity (Wildman–Crippen MR) is 73.8 cm³/mol. The molecule has 1 rings (SSSR count). The first-order valence-corrected chi connectivity index (χ1v) is 7.70. The van der Waals surface area contributed by atoms with Gasteiger partial charge in [-0.2, -0.15) is 0 Å². The van der Waals surface area contributed by atoms with E-state index in [2.05, 4.69) is 5.32 Å². The standard InChI is InChI=1S/C12H16N2O6S/c13-21(18,19)7-6-10(11(15)16)14-12(17)20-8-9-4-2-1-3-5-9/h1-5,10H,6-8H2,(H,14,17)(H,15,16)(H2,13,18,19)/t10-/m0/s1. The molecule has 0 bridgehead atoms. The van der Waals surface area contributed by atoms with Crippen LogP contribution in [0.5, 0.6) is 0 Å². The van der Waals surface area contributed by atoms with E-state index >= 15 is 0 Å². The first-order valence-electron chi connectivity index (χ1n) is 5.98. The van der Waals surface area contributed by atoms with Crippen molar-refractivity contribution in [1.82, 2.24) is 5.32 Å². The van der Waals surface area contributed by atoms with Gasteiger partial charge in [0.25, 0.3) is 0 Å². The number of amides is 1. The topological polar surface area (TPSA) is 136 Å². The number of carboxylic acid groups (broad SMARTS) is 1. The maximum atomic E-state index is 11.5. The van der Waals surface area contributed by atoms with Gasteiger partial charge in [-0.1, -0.05) is 30.3 Å². The monoisotopic (exact) mass is 316 g/mol. The summed E-state index contributed by atoms with van der Waals surface area (Å²) >= 11 is 0. The van der Waals surface area contributed by atoms with Gasteiger partial charge in [0.15, 0.2) is 0 Å². The fraction of sp³-hybridized carbons (Fsp3) is 0.333. The maximum absolute atomic E-state index is 11.5. The van der Waals surface area contributed by atoms with Crippen molar-refractivity contribution >= 4 is 22.1 Å². The molecule has 116 valence electrons. The Morgan fingerprint density at radius 3 is 2.43 bits per heavy atom. The second-order valence-corrected chi connectivity index (χ2v) is 5.99. The Labute approximate surface area is 122 Å². The van der Waals surface area contributed by atoms with Gasteiger partial charge in [-0.05, 0) is 12.0 Å². The molecule has 0 aliphatic heterocycles. The third-order valence-electron chi connectivity index (χ3n) is 2.49. The summed E-state index contributed by atoms with van der Waals surface area (Å²) in [5.41, 5.74) is 0.740. The average molecular weight is 316 g/mol. The van der Waals surface area contributed by atoms with Gasteiger partial charge in [-0.15, -0.1) is 0 Å². The number of aliphatic carboxylic acids is 1. The summed E-state index contributed by atoms with van der Waals surface area (Å²) in [6.07, 6.45) is -1.28. The van der Waals surface area contributed by atoms with Crippen molar-refractivity contribution in [2.24, 2.45) is 5.14 Å². The van der Waals surface area contributed by atoms with Gasteiger partial charge in [0.2, 0.25) is 10.0 Å². The van der Waals surface area contributed by atoms with Crippen LogP contribution in [0, 0.1) is 0 Å². The van der Waals surface area contributed by atoms with Crippen molar-refractivity contribution < 1.29 is 27.9 Å². The SMILES string of the molecule is NS(=O)(=O)CC[C@H](NC(=O)OCc1ccccc1)C(=O)O. The fourth-order valence-electron chi connectivity index (χ4n) is 1.45. The highest BCUT2D eigenvalue weighted by atomic mass is 32.2. The average Bonchev–Trinajstić information content (AvgIpc) is 2.41. The molecular formula is C12H16N2O6S. The van der Waals surface area contributed by atoms with Crippen molar-refractivity contribution in [2.45, 2.75) is 19.1 Å². The Hall–Kier alpha value is -2.13. The highest BCUT2D eigenvalue weighted by Gasteiger charge is 2.22. The second kappa shape index (κ2) is 7.60. The van der Waals surface area contributed by atoms with Crippen LogP contribution >= 0.6 is 0 Å². The third-order valence-corrected chi connectivity index (χ3v) is 3.30. The lowest BCUT2D eigenvalue weighted by molar-refractivity contribution is -0.139. The molecule has 0 heterocycles. The van der Waals surface area contributed by atoms with Gasteiger partial charge >= 0.3 is 12.1 Å². The van der Waals surface area contributed by atoms with E-state index in [-0.39, 0.29) is 13.0 Å². The Balaban J connectivity index is 2.47. The van der Waals surface area contributed by atoms with E-state index in [1.165, 1.54) is 0 Å². The summed E-state index contributed by atoms with van der Waals surface area (Å²) in [6.45, 7) is -0.0196.